The molecule has 0 saturated heterocycles. The lowest BCUT2D eigenvalue weighted by molar-refractivity contribution is 0.0266. The molecule has 0 aliphatic heterocycles. The Balaban J connectivity index is 1.73. The van der Waals surface area contributed by atoms with Gasteiger partial charge in [-0.05, 0) is 18.4 Å². The molecule has 1 aromatic carbocycles. The van der Waals surface area contributed by atoms with Crippen molar-refractivity contribution in [3.8, 4) is 11.4 Å². The van der Waals surface area contributed by atoms with Crippen molar-refractivity contribution in [2.45, 2.75) is 13.0 Å². The van der Waals surface area contributed by atoms with Crippen molar-refractivity contribution in [3.05, 3.63) is 58.6 Å². The lowest BCUT2D eigenvalue weighted by Gasteiger charge is -2.07. The van der Waals surface area contributed by atoms with Crippen LogP contribution in [0.5, 0.6) is 0 Å². The highest BCUT2D eigenvalue weighted by Gasteiger charge is 2.20. The zero-order valence-corrected chi connectivity index (χ0v) is 12.0. The number of carbonyl (C=O) groups is 1. The standard InChI is InChI=1S/C15H12N2O3S/c1-10(19-15(18)12-7-8-21-9-12)14-16-13(17-20-14)11-5-3-2-4-6-11/h2-10H,1H3/t10-/m1/s1. The van der Waals surface area contributed by atoms with Gasteiger partial charge in [0, 0.05) is 10.9 Å². The normalized spacial score (nSPS) is 12.0. The number of nitrogens with zero attached hydrogens (tertiary/aromatic N) is 2. The molecule has 0 aliphatic carbocycles. The molecule has 0 spiro atoms. The van der Waals surface area contributed by atoms with Crippen molar-refractivity contribution in [2.75, 3.05) is 0 Å². The summed E-state index contributed by atoms with van der Waals surface area (Å²) in [5.41, 5.74) is 1.37. The molecule has 21 heavy (non-hydrogen) atoms. The largest absolute Gasteiger partial charge is 0.449 e. The maximum Gasteiger partial charge on any atom is 0.339 e. The van der Waals surface area contributed by atoms with E-state index in [1.807, 2.05) is 35.7 Å². The van der Waals surface area contributed by atoms with E-state index < -0.39 is 12.1 Å². The van der Waals surface area contributed by atoms with E-state index >= 15 is 0 Å². The van der Waals surface area contributed by atoms with Gasteiger partial charge in [-0.25, -0.2) is 4.79 Å². The summed E-state index contributed by atoms with van der Waals surface area (Å²) in [6.45, 7) is 1.70. The second kappa shape index (κ2) is 5.88. The highest BCUT2D eigenvalue weighted by molar-refractivity contribution is 7.08. The number of benzene rings is 1. The summed E-state index contributed by atoms with van der Waals surface area (Å²) in [5.74, 6) is 0.352. The average Bonchev–Trinajstić information content (AvgIpc) is 3.20. The SMILES string of the molecule is C[C@@H](OC(=O)c1ccsc1)c1nc(-c2ccccc2)no1. The van der Waals surface area contributed by atoms with E-state index in [0.29, 0.717) is 11.4 Å². The molecule has 2 heterocycles. The Morgan fingerprint density at radius 2 is 2.10 bits per heavy atom. The van der Waals surface area contributed by atoms with Crippen molar-refractivity contribution in [1.82, 2.24) is 10.1 Å². The van der Waals surface area contributed by atoms with E-state index in [1.165, 1.54) is 11.3 Å². The summed E-state index contributed by atoms with van der Waals surface area (Å²) in [6, 6.07) is 11.2. The Kier molecular flexibility index (Phi) is 3.79. The van der Waals surface area contributed by atoms with Crippen molar-refractivity contribution in [1.29, 1.82) is 0 Å². The number of thiophene rings is 1. The van der Waals surface area contributed by atoms with Crippen LogP contribution in [0.1, 0.15) is 29.3 Å². The summed E-state index contributed by atoms with van der Waals surface area (Å²) in [4.78, 5) is 16.1. The molecular formula is C15H12N2O3S. The van der Waals surface area contributed by atoms with Crippen LogP contribution in [-0.4, -0.2) is 16.1 Å². The van der Waals surface area contributed by atoms with E-state index in [-0.39, 0.29) is 5.89 Å². The first-order valence-electron chi connectivity index (χ1n) is 6.36. The fraction of sp³-hybridized carbons (Fsp3) is 0.133. The van der Waals surface area contributed by atoms with E-state index in [1.54, 1.807) is 18.4 Å². The molecule has 6 heteroatoms. The molecule has 5 nitrogen and oxygen atoms in total. The van der Waals surface area contributed by atoms with Crippen LogP contribution >= 0.6 is 11.3 Å². The number of hydrogen-bond donors (Lipinski definition) is 0. The van der Waals surface area contributed by atoms with Crippen molar-refractivity contribution in [3.63, 3.8) is 0 Å². The fourth-order valence-corrected chi connectivity index (χ4v) is 2.39. The lowest BCUT2D eigenvalue weighted by Crippen LogP contribution is -2.08. The summed E-state index contributed by atoms with van der Waals surface area (Å²) >= 11 is 1.44. The predicted octanol–water partition coefficient (Wildman–Crippen LogP) is 3.72. The third kappa shape index (κ3) is 3.00. The summed E-state index contributed by atoms with van der Waals surface area (Å²) in [5, 5.41) is 7.46. The van der Waals surface area contributed by atoms with Gasteiger partial charge in [0.25, 0.3) is 5.89 Å². The molecule has 0 fully saturated rings. The first-order valence-corrected chi connectivity index (χ1v) is 7.30. The van der Waals surface area contributed by atoms with Crippen molar-refractivity contribution >= 4 is 17.3 Å². The van der Waals surface area contributed by atoms with Crippen LogP contribution in [0.2, 0.25) is 0 Å². The smallest absolute Gasteiger partial charge is 0.339 e. The topological polar surface area (TPSA) is 65.2 Å². The van der Waals surface area contributed by atoms with Gasteiger partial charge in [-0.2, -0.15) is 16.3 Å². The Morgan fingerprint density at radius 1 is 1.29 bits per heavy atom. The average molecular weight is 300 g/mol. The third-order valence-corrected chi connectivity index (χ3v) is 3.55. The summed E-state index contributed by atoms with van der Waals surface area (Å²) < 4.78 is 10.5. The molecule has 0 aliphatic rings. The second-order valence-electron chi connectivity index (χ2n) is 4.38. The molecule has 0 saturated carbocycles. The van der Waals surface area contributed by atoms with Gasteiger partial charge < -0.3 is 9.26 Å². The zero-order chi connectivity index (χ0) is 14.7. The summed E-state index contributed by atoms with van der Waals surface area (Å²) in [7, 11) is 0. The minimum absolute atomic E-state index is 0.275. The van der Waals surface area contributed by atoms with Crippen LogP contribution in [0, 0.1) is 0 Å². The number of carbonyl (C=O) groups excluding carboxylic acids is 1. The van der Waals surface area contributed by atoms with Gasteiger partial charge in [-0.3, -0.25) is 0 Å². The van der Waals surface area contributed by atoms with Crippen molar-refractivity contribution in [2.24, 2.45) is 0 Å². The van der Waals surface area contributed by atoms with Gasteiger partial charge in [0.1, 0.15) is 0 Å². The predicted molar refractivity (Wildman–Crippen MR) is 77.9 cm³/mol. The van der Waals surface area contributed by atoms with Gasteiger partial charge in [0.15, 0.2) is 6.10 Å². The fourth-order valence-electron chi connectivity index (χ4n) is 1.76. The molecule has 0 radical (unpaired) electrons. The number of ether oxygens (including phenoxy) is 1. The molecule has 0 amide bonds. The molecular weight excluding hydrogens is 288 g/mol. The zero-order valence-electron chi connectivity index (χ0n) is 11.2. The molecule has 2 aromatic heterocycles. The van der Waals surface area contributed by atoms with E-state index in [9.17, 15) is 4.79 Å². The highest BCUT2D eigenvalue weighted by atomic mass is 32.1. The van der Waals surface area contributed by atoms with E-state index in [4.69, 9.17) is 9.26 Å². The van der Waals surface area contributed by atoms with Crippen LogP contribution < -0.4 is 0 Å². The quantitative estimate of drug-likeness (QED) is 0.687. The first kappa shape index (κ1) is 13.5. The van der Waals surface area contributed by atoms with E-state index in [0.717, 1.165) is 5.56 Å². The van der Waals surface area contributed by atoms with Gasteiger partial charge in [-0.15, -0.1) is 0 Å². The molecule has 106 valence electrons. The molecule has 0 bridgehead atoms. The van der Waals surface area contributed by atoms with Gasteiger partial charge in [0.2, 0.25) is 5.82 Å². The first-order chi connectivity index (χ1) is 10.2. The van der Waals surface area contributed by atoms with Crippen molar-refractivity contribution < 1.29 is 14.1 Å². The maximum absolute atomic E-state index is 11.9. The lowest BCUT2D eigenvalue weighted by atomic mass is 10.2. The van der Waals surface area contributed by atoms with Crippen LogP contribution in [0.3, 0.4) is 0 Å². The number of esters is 1. The minimum atomic E-state index is -0.595. The van der Waals surface area contributed by atoms with Gasteiger partial charge >= 0.3 is 5.97 Å². The molecule has 3 aromatic rings. The number of aromatic nitrogens is 2. The maximum atomic E-state index is 11.9. The van der Waals surface area contributed by atoms with Crippen LogP contribution in [-0.2, 0) is 4.74 Å². The molecule has 1 atom stereocenters. The Bertz CT molecular complexity index is 722. The van der Waals surface area contributed by atoms with E-state index in [2.05, 4.69) is 10.1 Å². The number of hydrogen-bond acceptors (Lipinski definition) is 6. The molecule has 0 unspecified atom stereocenters. The molecule has 3 rings (SSSR count). The number of rotatable bonds is 4. The van der Waals surface area contributed by atoms with Crippen LogP contribution in [0.15, 0.2) is 51.7 Å². The summed E-state index contributed by atoms with van der Waals surface area (Å²) in [6.07, 6.45) is -0.595. The van der Waals surface area contributed by atoms with Crippen LogP contribution in [0.25, 0.3) is 11.4 Å². The second-order valence-corrected chi connectivity index (χ2v) is 5.16. The third-order valence-electron chi connectivity index (χ3n) is 2.86. The minimum Gasteiger partial charge on any atom is -0.449 e. The Morgan fingerprint density at radius 3 is 2.81 bits per heavy atom. The van der Waals surface area contributed by atoms with Crippen LogP contribution in [0.4, 0.5) is 0 Å². The monoisotopic (exact) mass is 300 g/mol. The van der Waals surface area contributed by atoms with Gasteiger partial charge in [-0.1, -0.05) is 35.5 Å². The highest BCUT2D eigenvalue weighted by Crippen LogP contribution is 2.21. The Hall–Kier alpha value is -2.47. The van der Waals surface area contributed by atoms with Gasteiger partial charge in [0.05, 0.1) is 5.56 Å². The molecule has 0 N–H and O–H groups in total. The Labute approximate surface area is 125 Å².